The lowest BCUT2D eigenvalue weighted by atomic mass is 10.2. The van der Waals surface area contributed by atoms with Crippen molar-refractivity contribution in [1.29, 1.82) is 0 Å². The van der Waals surface area contributed by atoms with E-state index in [2.05, 4.69) is 16.2 Å². The summed E-state index contributed by atoms with van der Waals surface area (Å²) in [6.07, 6.45) is 2.79. The monoisotopic (exact) mass is 485 g/mol. The van der Waals surface area contributed by atoms with Crippen LogP contribution >= 0.6 is 11.3 Å². The summed E-state index contributed by atoms with van der Waals surface area (Å²) in [6.45, 7) is 3.05. The van der Waals surface area contributed by atoms with Gasteiger partial charge in [-0.1, -0.05) is 6.92 Å². The first-order chi connectivity index (χ1) is 15.8. The molecule has 172 valence electrons. The predicted molar refractivity (Wildman–Crippen MR) is 131 cm³/mol. The van der Waals surface area contributed by atoms with Crippen molar-refractivity contribution in [2.75, 3.05) is 41.4 Å². The lowest BCUT2D eigenvalue weighted by molar-refractivity contribution is 0.586. The molecule has 0 aliphatic carbocycles. The highest BCUT2D eigenvalue weighted by Crippen LogP contribution is 2.34. The normalized spacial score (nSPS) is 15.8. The molecule has 0 spiro atoms. The Morgan fingerprint density at radius 1 is 1.09 bits per heavy atom. The third kappa shape index (κ3) is 4.20. The summed E-state index contributed by atoms with van der Waals surface area (Å²) in [4.78, 5) is 13.7. The highest BCUT2D eigenvalue weighted by Gasteiger charge is 2.24. The number of halogens is 1. The summed E-state index contributed by atoms with van der Waals surface area (Å²) in [5.41, 5.74) is 4.41. The molecule has 1 aliphatic heterocycles. The van der Waals surface area contributed by atoms with E-state index in [1.54, 1.807) is 12.1 Å². The van der Waals surface area contributed by atoms with E-state index in [-0.39, 0.29) is 17.3 Å². The van der Waals surface area contributed by atoms with Crippen molar-refractivity contribution < 1.29 is 12.8 Å². The fourth-order valence-electron chi connectivity index (χ4n) is 4.08. The van der Waals surface area contributed by atoms with Crippen LogP contribution in [0.15, 0.2) is 48.0 Å². The summed E-state index contributed by atoms with van der Waals surface area (Å²) >= 11 is 1.52. The molecule has 0 bridgehead atoms. The number of rotatable bonds is 5. The maximum atomic E-state index is 13.3. The van der Waals surface area contributed by atoms with Gasteiger partial charge in [-0.05, 0) is 42.8 Å². The van der Waals surface area contributed by atoms with Crippen molar-refractivity contribution in [2.45, 2.75) is 13.3 Å². The first-order valence-corrected chi connectivity index (χ1v) is 13.5. The Labute approximate surface area is 196 Å². The molecule has 0 atom stereocenters. The molecule has 1 aliphatic rings. The Morgan fingerprint density at radius 3 is 2.52 bits per heavy atom. The van der Waals surface area contributed by atoms with Crippen molar-refractivity contribution in [3.63, 3.8) is 0 Å². The number of thiazole rings is 1. The molecule has 0 unspecified atom stereocenters. The molecule has 3 aromatic heterocycles. The largest absolute Gasteiger partial charge is 0.368 e. The number of hydrogen-bond donors (Lipinski definition) is 0. The Hall–Kier alpha value is -2.98. The minimum atomic E-state index is -2.94. The highest BCUT2D eigenvalue weighted by atomic mass is 32.2. The van der Waals surface area contributed by atoms with Gasteiger partial charge in [-0.3, -0.25) is 4.40 Å². The fourth-order valence-corrected chi connectivity index (χ4v) is 6.08. The van der Waals surface area contributed by atoms with Gasteiger partial charge in [-0.2, -0.15) is 0 Å². The van der Waals surface area contributed by atoms with Crippen LogP contribution in [0.3, 0.4) is 0 Å². The summed E-state index contributed by atoms with van der Waals surface area (Å²) in [5, 5.41) is 2.77. The molecule has 4 heterocycles. The standard InChI is InChI=1S/C23H24FN5O2S2/c1-3-19-22(27(2)23-26-20(15-32-23)16-4-6-17(24)7-5-16)29-14-18(8-9-21(29)25-19)28-10-12-33(30,31)13-11-28/h4-9,14-15H,3,10-13H2,1-2H3. The van der Waals surface area contributed by atoms with Crippen LogP contribution in [0.4, 0.5) is 21.0 Å². The molecule has 1 saturated heterocycles. The van der Waals surface area contributed by atoms with Gasteiger partial charge in [0.05, 0.1) is 28.6 Å². The molecule has 0 radical (unpaired) electrons. The number of hydrogen-bond acceptors (Lipinski definition) is 7. The first kappa shape index (κ1) is 21.8. The molecule has 7 nitrogen and oxygen atoms in total. The molecule has 0 N–H and O–H groups in total. The number of imidazole rings is 1. The molecule has 1 fully saturated rings. The van der Waals surface area contributed by atoms with E-state index in [9.17, 15) is 12.8 Å². The quantitative estimate of drug-likeness (QED) is 0.423. The second kappa shape index (κ2) is 8.42. The Morgan fingerprint density at radius 2 is 1.82 bits per heavy atom. The highest BCUT2D eigenvalue weighted by molar-refractivity contribution is 7.91. The Balaban J connectivity index is 1.51. The second-order valence-corrected chi connectivity index (χ2v) is 11.2. The van der Waals surface area contributed by atoms with Gasteiger partial charge in [0.2, 0.25) is 0 Å². The van der Waals surface area contributed by atoms with Crippen LogP contribution in [-0.2, 0) is 16.3 Å². The summed E-state index contributed by atoms with van der Waals surface area (Å²) in [6, 6.07) is 10.3. The van der Waals surface area contributed by atoms with Gasteiger partial charge < -0.3 is 9.80 Å². The number of pyridine rings is 1. The van der Waals surface area contributed by atoms with Crippen molar-refractivity contribution in [1.82, 2.24) is 14.4 Å². The zero-order chi connectivity index (χ0) is 23.2. The molecule has 0 saturated carbocycles. The zero-order valence-corrected chi connectivity index (χ0v) is 20.0. The topological polar surface area (TPSA) is 70.8 Å². The smallest absolute Gasteiger partial charge is 0.191 e. The van der Waals surface area contributed by atoms with Crippen molar-refractivity contribution >= 4 is 43.5 Å². The predicted octanol–water partition coefficient (Wildman–Crippen LogP) is 4.16. The van der Waals surface area contributed by atoms with Gasteiger partial charge in [-0.25, -0.2) is 22.8 Å². The zero-order valence-electron chi connectivity index (χ0n) is 18.4. The molecule has 0 amide bonds. The summed E-state index contributed by atoms with van der Waals surface area (Å²) in [5.74, 6) is 1.01. The molecule has 33 heavy (non-hydrogen) atoms. The first-order valence-electron chi connectivity index (χ1n) is 10.8. The SMILES string of the molecule is CCc1nc2ccc(N3CCS(=O)(=O)CC3)cn2c1N(C)c1nc(-c2ccc(F)cc2)cs1. The summed E-state index contributed by atoms with van der Waals surface area (Å²) < 4.78 is 39.0. The second-order valence-electron chi connectivity index (χ2n) is 8.07. The number of benzene rings is 1. The van der Waals surface area contributed by atoms with E-state index in [1.807, 2.05) is 35.7 Å². The van der Waals surface area contributed by atoms with Crippen LogP contribution in [0.2, 0.25) is 0 Å². The van der Waals surface area contributed by atoms with Gasteiger partial charge in [0.25, 0.3) is 0 Å². The van der Waals surface area contributed by atoms with Crippen LogP contribution < -0.4 is 9.80 Å². The van der Waals surface area contributed by atoms with Crippen LogP contribution in [0.25, 0.3) is 16.9 Å². The number of anilines is 3. The van der Waals surface area contributed by atoms with Crippen LogP contribution in [-0.4, -0.2) is 54.4 Å². The number of fused-ring (bicyclic) bond motifs is 1. The van der Waals surface area contributed by atoms with Gasteiger partial charge in [0.15, 0.2) is 15.0 Å². The molecule has 5 rings (SSSR count). The van der Waals surface area contributed by atoms with Gasteiger partial charge in [0, 0.05) is 37.3 Å². The molecular weight excluding hydrogens is 461 g/mol. The van der Waals surface area contributed by atoms with Gasteiger partial charge in [0.1, 0.15) is 17.3 Å². The van der Waals surface area contributed by atoms with E-state index in [1.165, 1.54) is 23.5 Å². The van der Waals surface area contributed by atoms with E-state index in [0.29, 0.717) is 13.1 Å². The van der Waals surface area contributed by atoms with E-state index < -0.39 is 9.84 Å². The number of aromatic nitrogens is 3. The van der Waals surface area contributed by atoms with Crippen molar-refractivity contribution in [3.05, 3.63) is 59.5 Å². The van der Waals surface area contributed by atoms with E-state index >= 15 is 0 Å². The lowest BCUT2D eigenvalue weighted by Gasteiger charge is -2.29. The molecule has 10 heteroatoms. The van der Waals surface area contributed by atoms with Crippen molar-refractivity contribution in [3.8, 4) is 11.3 Å². The minimum Gasteiger partial charge on any atom is -0.368 e. The number of aryl methyl sites for hydroxylation is 1. The molecule has 1 aromatic carbocycles. The fraction of sp³-hybridized carbons (Fsp3) is 0.304. The Kier molecular flexibility index (Phi) is 5.57. The van der Waals surface area contributed by atoms with Gasteiger partial charge >= 0.3 is 0 Å². The average Bonchev–Trinajstić information content (AvgIpc) is 3.44. The van der Waals surface area contributed by atoms with E-state index in [0.717, 1.165) is 45.7 Å². The van der Waals surface area contributed by atoms with E-state index in [4.69, 9.17) is 9.97 Å². The summed E-state index contributed by atoms with van der Waals surface area (Å²) in [7, 11) is -0.975. The minimum absolute atomic E-state index is 0.174. The average molecular weight is 486 g/mol. The lowest BCUT2D eigenvalue weighted by Crippen LogP contribution is -2.40. The van der Waals surface area contributed by atoms with Crippen molar-refractivity contribution in [2.24, 2.45) is 0 Å². The third-order valence-electron chi connectivity index (χ3n) is 5.93. The van der Waals surface area contributed by atoms with Gasteiger partial charge in [-0.15, -0.1) is 11.3 Å². The molecular formula is C23H24FN5O2S2. The maximum absolute atomic E-state index is 13.3. The van der Waals surface area contributed by atoms with Crippen LogP contribution in [0.5, 0.6) is 0 Å². The number of sulfone groups is 1. The maximum Gasteiger partial charge on any atom is 0.191 e. The third-order valence-corrected chi connectivity index (χ3v) is 8.45. The van der Waals surface area contributed by atoms with Crippen LogP contribution in [0, 0.1) is 5.82 Å². The molecule has 4 aromatic rings. The Bertz CT molecular complexity index is 1400. The number of nitrogens with zero attached hydrogens (tertiary/aromatic N) is 5. The van der Waals surface area contributed by atoms with Crippen LogP contribution in [0.1, 0.15) is 12.6 Å².